The number of hydrogen-bond acceptors (Lipinski definition) is 4. The third kappa shape index (κ3) is 6.49. The molecule has 0 aromatic heterocycles. The second-order valence-electron chi connectivity index (χ2n) is 7.92. The predicted octanol–water partition coefficient (Wildman–Crippen LogP) is 3.49. The third-order valence-electron chi connectivity index (χ3n) is 5.58. The second-order valence-corrected chi connectivity index (χ2v) is 7.92. The molecular weight excluding hydrogens is 388 g/mol. The topological polar surface area (TPSA) is 86.8 Å². The van der Waals surface area contributed by atoms with Crippen molar-refractivity contribution in [2.24, 2.45) is 5.73 Å². The van der Waals surface area contributed by atoms with Crippen LogP contribution >= 0.6 is 0 Å². The van der Waals surface area contributed by atoms with Gasteiger partial charge in [-0.15, -0.1) is 0 Å². The van der Waals surface area contributed by atoms with Crippen LogP contribution in [0.25, 0.3) is 0 Å². The average Bonchev–Trinajstić information content (AvgIpc) is 2.80. The van der Waals surface area contributed by atoms with Crippen molar-refractivity contribution in [2.75, 3.05) is 13.1 Å². The van der Waals surface area contributed by atoms with Crippen molar-refractivity contribution < 1.29 is 15.0 Å². The molecule has 3 aromatic carbocycles. The van der Waals surface area contributed by atoms with E-state index in [0.29, 0.717) is 25.1 Å². The van der Waals surface area contributed by atoms with Gasteiger partial charge in [-0.05, 0) is 42.2 Å². The molecule has 31 heavy (non-hydrogen) atoms. The van der Waals surface area contributed by atoms with Gasteiger partial charge in [0.15, 0.2) is 0 Å². The maximum atomic E-state index is 11.3. The van der Waals surface area contributed by atoms with Crippen molar-refractivity contribution in [3.8, 4) is 0 Å². The summed E-state index contributed by atoms with van der Waals surface area (Å²) in [4.78, 5) is 13.4. The molecule has 0 aliphatic heterocycles. The molecule has 3 atom stereocenters. The summed E-state index contributed by atoms with van der Waals surface area (Å²) in [5.41, 5.74) is 8.56. The summed E-state index contributed by atoms with van der Waals surface area (Å²) in [6, 6.07) is 26.4. The lowest BCUT2D eigenvalue weighted by molar-refractivity contribution is 0.0480. The van der Waals surface area contributed by atoms with Gasteiger partial charge in [0.25, 0.3) is 0 Å². The lowest BCUT2D eigenvalue weighted by Gasteiger charge is -2.33. The maximum Gasteiger partial charge on any atom is 0.248 e. The molecule has 4 N–H and O–H groups in total. The van der Waals surface area contributed by atoms with Crippen molar-refractivity contribution in [1.29, 1.82) is 0 Å². The summed E-state index contributed by atoms with van der Waals surface area (Å²) in [6.07, 6.45) is -0.616. The zero-order valence-corrected chi connectivity index (χ0v) is 17.8. The fraction of sp³-hybridized carbons (Fsp3) is 0.269. The van der Waals surface area contributed by atoms with Gasteiger partial charge in [-0.3, -0.25) is 9.69 Å². The molecule has 0 aliphatic rings. The van der Waals surface area contributed by atoms with Crippen LogP contribution in [0.2, 0.25) is 0 Å². The summed E-state index contributed by atoms with van der Waals surface area (Å²) < 4.78 is 0. The number of aliphatic hydroxyl groups is 2. The quantitative estimate of drug-likeness (QED) is 0.470. The van der Waals surface area contributed by atoms with E-state index >= 15 is 0 Å². The van der Waals surface area contributed by atoms with E-state index < -0.39 is 18.1 Å². The van der Waals surface area contributed by atoms with Gasteiger partial charge >= 0.3 is 0 Å². The van der Waals surface area contributed by atoms with Crippen LogP contribution in [0.1, 0.15) is 46.2 Å². The molecule has 162 valence electrons. The van der Waals surface area contributed by atoms with E-state index in [4.69, 9.17) is 5.73 Å². The molecule has 3 rings (SSSR count). The van der Waals surface area contributed by atoms with Gasteiger partial charge in [0.05, 0.1) is 12.2 Å². The Morgan fingerprint density at radius 1 is 0.806 bits per heavy atom. The highest BCUT2D eigenvalue weighted by Crippen LogP contribution is 2.21. The van der Waals surface area contributed by atoms with Crippen LogP contribution < -0.4 is 5.73 Å². The van der Waals surface area contributed by atoms with Crippen molar-refractivity contribution in [2.45, 2.75) is 31.6 Å². The minimum Gasteiger partial charge on any atom is -0.387 e. The van der Waals surface area contributed by atoms with E-state index in [-0.39, 0.29) is 6.04 Å². The van der Waals surface area contributed by atoms with Crippen LogP contribution in [-0.4, -0.2) is 40.2 Å². The SMILES string of the molecule is C[C@H](Cc1ccc(C(N)=O)cc1)N(C[C@@H](O)c1ccccc1)C[C@@H](O)c1ccccc1. The van der Waals surface area contributed by atoms with Crippen LogP contribution in [-0.2, 0) is 6.42 Å². The van der Waals surface area contributed by atoms with Gasteiger partial charge in [0, 0.05) is 24.7 Å². The molecule has 0 bridgehead atoms. The molecule has 0 aliphatic carbocycles. The molecule has 0 saturated heterocycles. The summed E-state index contributed by atoms with van der Waals surface area (Å²) >= 11 is 0. The Balaban J connectivity index is 1.75. The van der Waals surface area contributed by atoms with Gasteiger partial charge in [-0.2, -0.15) is 0 Å². The number of amides is 1. The number of hydrogen-bond donors (Lipinski definition) is 3. The van der Waals surface area contributed by atoms with Crippen LogP contribution in [0.15, 0.2) is 84.9 Å². The van der Waals surface area contributed by atoms with Gasteiger partial charge in [-0.1, -0.05) is 72.8 Å². The van der Waals surface area contributed by atoms with Gasteiger partial charge < -0.3 is 15.9 Å². The number of nitrogens with two attached hydrogens (primary N) is 1. The van der Waals surface area contributed by atoms with Crippen molar-refractivity contribution in [3.05, 3.63) is 107 Å². The van der Waals surface area contributed by atoms with Gasteiger partial charge in [0.1, 0.15) is 0 Å². The van der Waals surface area contributed by atoms with Gasteiger partial charge in [0.2, 0.25) is 5.91 Å². The summed E-state index contributed by atoms with van der Waals surface area (Å²) in [7, 11) is 0. The number of nitrogens with zero attached hydrogens (tertiary/aromatic N) is 1. The molecule has 5 heteroatoms. The molecule has 0 unspecified atom stereocenters. The molecule has 1 amide bonds. The van der Waals surface area contributed by atoms with E-state index in [1.54, 1.807) is 12.1 Å². The Hall–Kier alpha value is -2.99. The van der Waals surface area contributed by atoms with Crippen LogP contribution in [0.5, 0.6) is 0 Å². The maximum absolute atomic E-state index is 11.3. The van der Waals surface area contributed by atoms with Crippen LogP contribution in [0.4, 0.5) is 0 Å². The molecular formula is C26H30N2O3. The Labute approximate surface area is 183 Å². The molecule has 3 aromatic rings. The van der Waals surface area contributed by atoms with E-state index in [9.17, 15) is 15.0 Å². The Kier molecular flexibility index (Phi) is 7.95. The number of carbonyl (C=O) groups is 1. The molecule has 0 fully saturated rings. The molecule has 5 nitrogen and oxygen atoms in total. The number of aliphatic hydroxyl groups excluding tert-OH is 2. The summed E-state index contributed by atoms with van der Waals surface area (Å²) in [5, 5.41) is 21.6. The van der Waals surface area contributed by atoms with Crippen molar-refractivity contribution >= 4 is 5.91 Å². The number of rotatable bonds is 10. The Morgan fingerprint density at radius 2 is 1.26 bits per heavy atom. The van der Waals surface area contributed by atoms with E-state index in [0.717, 1.165) is 16.7 Å². The number of benzene rings is 3. The van der Waals surface area contributed by atoms with E-state index in [2.05, 4.69) is 11.8 Å². The molecule has 0 spiro atoms. The standard InChI is InChI=1S/C26H30N2O3/c1-19(16-20-12-14-23(15-13-20)26(27)31)28(17-24(29)21-8-4-2-5-9-21)18-25(30)22-10-6-3-7-11-22/h2-15,19,24-25,29-30H,16-18H2,1H3,(H2,27,31)/t19-,24-,25-/m1/s1. The highest BCUT2D eigenvalue weighted by molar-refractivity contribution is 5.92. The van der Waals surface area contributed by atoms with Gasteiger partial charge in [-0.25, -0.2) is 0 Å². The van der Waals surface area contributed by atoms with E-state index in [1.807, 2.05) is 72.8 Å². The van der Waals surface area contributed by atoms with Crippen LogP contribution in [0, 0.1) is 0 Å². The number of primary amides is 1. The van der Waals surface area contributed by atoms with E-state index in [1.165, 1.54) is 0 Å². The smallest absolute Gasteiger partial charge is 0.248 e. The Morgan fingerprint density at radius 3 is 1.68 bits per heavy atom. The lowest BCUT2D eigenvalue weighted by Crippen LogP contribution is -2.40. The second kappa shape index (κ2) is 10.9. The first-order chi connectivity index (χ1) is 14.9. The predicted molar refractivity (Wildman–Crippen MR) is 123 cm³/mol. The summed E-state index contributed by atoms with van der Waals surface area (Å²) in [5.74, 6) is -0.446. The zero-order chi connectivity index (χ0) is 22.2. The minimum atomic E-state index is -0.663. The highest BCUT2D eigenvalue weighted by Gasteiger charge is 2.22. The van der Waals surface area contributed by atoms with Crippen LogP contribution in [0.3, 0.4) is 0 Å². The average molecular weight is 419 g/mol. The highest BCUT2D eigenvalue weighted by atomic mass is 16.3. The monoisotopic (exact) mass is 418 g/mol. The Bertz CT molecular complexity index is 898. The first-order valence-corrected chi connectivity index (χ1v) is 10.5. The molecule has 0 heterocycles. The van der Waals surface area contributed by atoms with Crippen molar-refractivity contribution in [1.82, 2.24) is 4.90 Å². The molecule has 0 radical (unpaired) electrons. The van der Waals surface area contributed by atoms with Crippen molar-refractivity contribution in [3.63, 3.8) is 0 Å². The number of carbonyl (C=O) groups excluding carboxylic acids is 1. The first-order valence-electron chi connectivity index (χ1n) is 10.5. The summed E-state index contributed by atoms with van der Waals surface area (Å²) in [6.45, 7) is 2.88. The first kappa shape index (κ1) is 22.7. The zero-order valence-electron chi connectivity index (χ0n) is 17.8. The largest absolute Gasteiger partial charge is 0.387 e. The fourth-order valence-corrected chi connectivity index (χ4v) is 3.72. The lowest BCUT2D eigenvalue weighted by atomic mass is 10.0. The fourth-order valence-electron chi connectivity index (χ4n) is 3.72. The molecule has 0 saturated carbocycles. The third-order valence-corrected chi connectivity index (χ3v) is 5.58. The normalized spacial score (nSPS) is 14.2. The minimum absolute atomic E-state index is 0.0520.